The summed E-state index contributed by atoms with van der Waals surface area (Å²) < 4.78 is 0. The Morgan fingerprint density at radius 3 is 2.38 bits per heavy atom. The van der Waals surface area contributed by atoms with Crippen molar-refractivity contribution >= 4 is 23.5 Å². The van der Waals surface area contributed by atoms with Crippen LogP contribution in [0.25, 0.3) is 11.1 Å². The molecular formula is C19H23N3S2. The summed E-state index contributed by atoms with van der Waals surface area (Å²) in [6.45, 7) is 4.13. The van der Waals surface area contributed by atoms with Crippen LogP contribution in [0.4, 0.5) is 0 Å². The van der Waals surface area contributed by atoms with Crippen molar-refractivity contribution < 1.29 is 0 Å². The van der Waals surface area contributed by atoms with Crippen molar-refractivity contribution in [3.63, 3.8) is 0 Å². The zero-order chi connectivity index (χ0) is 17.2. The minimum absolute atomic E-state index is 0.0344. The molecule has 0 spiro atoms. The number of aromatic nitrogens is 2. The second-order valence-electron chi connectivity index (χ2n) is 5.58. The van der Waals surface area contributed by atoms with Crippen LogP contribution in [0.2, 0.25) is 0 Å². The van der Waals surface area contributed by atoms with Gasteiger partial charge in [-0.25, -0.2) is 9.97 Å². The Balaban J connectivity index is 1.89. The van der Waals surface area contributed by atoms with Gasteiger partial charge in [-0.2, -0.15) is 5.26 Å². The molecular weight excluding hydrogens is 334 g/mol. The molecule has 0 aliphatic heterocycles. The zero-order valence-corrected chi connectivity index (χ0v) is 15.9. The first-order valence-electron chi connectivity index (χ1n) is 8.34. The highest BCUT2D eigenvalue weighted by Crippen LogP contribution is 2.26. The fraction of sp³-hybridized carbons (Fsp3) is 0.421. The molecule has 0 saturated carbocycles. The van der Waals surface area contributed by atoms with E-state index < -0.39 is 0 Å². The minimum atomic E-state index is -0.0344. The number of thioether (sulfide) groups is 2. The molecule has 126 valence electrons. The molecule has 24 heavy (non-hydrogen) atoms. The summed E-state index contributed by atoms with van der Waals surface area (Å²) in [4.78, 5) is 10.0. The van der Waals surface area contributed by atoms with E-state index in [0.717, 1.165) is 26.9 Å². The van der Waals surface area contributed by atoms with Crippen molar-refractivity contribution in [2.24, 2.45) is 0 Å². The first kappa shape index (κ1) is 18.8. The molecule has 2 aromatic rings. The molecule has 1 atom stereocenters. The molecule has 3 nitrogen and oxygen atoms in total. The van der Waals surface area contributed by atoms with Gasteiger partial charge in [0.05, 0.1) is 11.3 Å². The number of nitrogens with zero attached hydrogens (tertiary/aromatic N) is 3. The van der Waals surface area contributed by atoms with Crippen molar-refractivity contribution in [3.8, 4) is 17.2 Å². The van der Waals surface area contributed by atoms with Crippen LogP contribution in [-0.4, -0.2) is 21.0 Å². The van der Waals surface area contributed by atoms with Gasteiger partial charge in [0.1, 0.15) is 0 Å². The van der Waals surface area contributed by atoms with Crippen molar-refractivity contribution in [3.05, 3.63) is 36.7 Å². The maximum atomic E-state index is 8.87. The van der Waals surface area contributed by atoms with Gasteiger partial charge in [-0.1, -0.05) is 50.1 Å². The van der Waals surface area contributed by atoms with E-state index in [1.807, 2.05) is 31.5 Å². The molecule has 1 aromatic heterocycles. The summed E-state index contributed by atoms with van der Waals surface area (Å²) in [7, 11) is 0. The van der Waals surface area contributed by atoms with Gasteiger partial charge < -0.3 is 0 Å². The fourth-order valence-corrected chi connectivity index (χ4v) is 3.73. The van der Waals surface area contributed by atoms with Gasteiger partial charge in [0.2, 0.25) is 0 Å². The van der Waals surface area contributed by atoms with E-state index in [1.165, 1.54) is 25.7 Å². The van der Waals surface area contributed by atoms with Crippen molar-refractivity contribution in [1.82, 2.24) is 9.97 Å². The first-order chi connectivity index (χ1) is 11.7. The molecule has 0 aliphatic rings. The van der Waals surface area contributed by atoms with E-state index in [9.17, 15) is 0 Å². The normalized spacial score (nSPS) is 11.9. The van der Waals surface area contributed by atoms with E-state index in [2.05, 4.69) is 35.1 Å². The molecule has 0 amide bonds. The first-order valence-corrected chi connectivity index (χ1v) is 10.2. The van der Waals surface area contributed by atoms with Crippen LogP contribution in [0.5, 0.6) is 0 Å². The highest BCUT2D eigenvalue weighted by Gasteiger charge is 2.05. The van der Waals surface area contributed by atoms with Gasteiger partial charge in [0.15, 0.2) is 5.16 Å². The van der Waals surface area contributed by atoms with E-state index in [0.29, 0.717) is 0 Å². The predicted molar refractivity (Wildman–Crippen MR) is 103 cm³/mol. The molecule has 0 unspecified atom stereocenters. The number of rotatable bonds is 9. The molecule has 0 saturated heterocycles. The van der Waals surface area contributed by atoms with Crippen LogP contribution in [-0.2, 0) is 0 Å². The Hall–Kier alpha value is -1.51. The topological polar surface area (TPSA) is 49.6 Å². The molecule has 0 N–H and O–H groups in total. The Morgan fingerprint density at radius 2 is 1.75 bits per heavy atom. The maximum Gasteiger partial charge on any atom is 0.187 e. The van der Waals surface area contributed by atoms with E-state index in [4.69, 9.17) is 5.26 Å². The summed E-state index contributed by atoms with van der Waals surface area (Å²) in [5.74, 6) is 1.09. The summed E-state index contributed by atoms with van der Waals surface area (Å²) in [5, 5.41) is 9.69. The highest BCUT2D eigenvalue weighted by molar-refractivity contribution is 8.00. The number of hydrogen-bond acceptors (Lipinski definition) is 5. The largest absolute Gasteiger partial charge is 0.230 e. The molecule has 0 aliphatic carbocycles. The summed E-state index contributed by atoms with van der Waals surface area (Å²) in [6, 6.07) is 10.4. The average molecular weight is 358 g/mol. The highest BCUT2D eigenvalue weighted by atomic mass is 32.2. The Labute approximate surface area is 153 Å². The molecule has 2 rings (SSSR count). The SMILES string of the molecule is CCCCCCSc1ncc(-c2ccc(S[C@H](C)C#N)cc2)cn1. The smallest absolute Gasteiger partial charge is 0.187 e. The fourth-order valence-electron chi connectivity index (χ4n) is 2.19. The number of benzene rings is 1. The Bertz CT molecular complexity index is 648. The van der Waals surface area contributed by atoms with Crippen LogP contribution in [0, 0.1) is 11.3 Å². The third-order valence-electron chi connectivity index (χ3n) is 3.54. The van der Waals surface area contributed by atoms with Crippen LogP contribution >= 0.6 is 23.5 Å². The van der Waals surface area contributed by atoms with Crippen LogP contribution in [0.3, 0.4) is 0 Å². The van der Waals surface area contributed by atoms with Crippen molar-refractivity contribution in [2.45, 2.75) is 54.8 Å². The van der Waals surface area contributed by atoms with Crippen LogP contribution in [0.1, 0.15) is 39.5 Å². The van der Waals surface area contributed by atoms with E-state index >= 15 is 0 Å². The lowest BCUT2D eigenvalue weighted by Gasteiger charge is -2.06. The molecule has 1 aromatic carbocycles. The van der Waals surface area contributed by atoms with E-state index in [1.54, 1.807) is 23.5 Å². The second-order valence-corrected chi connectivity index (χ2v) is 8.05. The Kier molecular flexibility index (Phi) is 8.14. The summed E-state index contributed by atoms with van der Waals surface area (Å²) in [6.07, 6.45) is 8.87. The third kappa shape index (κ3) is 6.18. The summed E-state index contributed by atoms with van der Waals surface area (Å²) >= 11 is 3.30. The van der Waals surface area contributed by atoms with Gasteiger partial charge in [-0.3, -0.25) is 0 Å². The number of hydrogen-bond donors (Lipinski definition) is 0. The standard InChI is InChI=1S/C19H23N3S2/c1-3-4-5-6-11-23-19-21-13-17(14-22-19)16-7-9-18(10-8-16)24-15(2)12-20/h7-10,13-15H,3-6,11H2,1-2H3/t15-/m1/s1. The minimum Gasteiger partial charge on any atom is -0.230 e. The molecule has 1 heterocycles. The average Bonchev–Trinajstić information content (AvgIpc) is 2.63. The third-order valence-corrected chi connectivity index (χ3v) is 5.50. The molecule has 0 bridgehead atoms. The van der Waals surface area contributed by atoms with Crippen LogP contribution in [0.15, 0.2) is 46.7 Å². The van der Waals surface area contributed by atoms with Gasteiger partial charge in [-0.15, -0.1) is 11.8 Å². The number of nitriles is 1. The maximum absolute atomic E-state index is 8.87. The predicted octanol–water partition coefficient (Wildman–Crippen LogP) is 5.82. The second kappa shape index (κ2) is 10.4. The zero-order valence-electron chi connectivity index (χ0n) is 14.2. The van der Waals surface area contributed by atoms with Crippen molar-refractivity contribution in [2.75, 3.05) is 5.75 Å². The van der Waals surface area contributed by atoms with Gasteiger partial charge in [0, 0.05) is 28.6 Å². The van der Waals surface area contributed by atoms with Crippen LogP contribution < -0.4 is 0 Å². The molecule has 5 heteroatoms. The van der Waals surface area contributed by atoms with Gasteiger partial charge in [-0.05, 0) is 31.0 Å². The van der Waals surface area contributed by atoms with Gasteiger partial charge in [0.25, 0.3) is 0 Å². The quantitative estimate of drug-likeness (QED) is 0.321. The van der Waals surface area contributed by atoms with E-state index in [-0.39, 0.29) is 5.25 Å². The molecule has 0 radical (unpaired) electrons. The monoisotopic (exact) mass is 357 g/mol. The van der Waals surface area contributed by atoms with Gasteiger partial charge >= 0.3 is 0 Å². The lowest BCUT2D eigenvalue weighted by Crippen LogP contribution is -1.91. The van der Waals surface area contributed by atoms with Crippen molar-refractivity contribution in [1.29, 1.82) is 5.26 Å². The lowest BCUT2D eigenvalue weighted by atomic mass is 10.1. The summed E-state index contributed by atoms with van der Waals surface area (Å²) in [5.41, 5.74) is 2.12. The number of unbranched alkanes of at least 4 members (excludes halogenated alkanes) is 3. The molecule has 0 fully saturated rings. The lowest BCUT2D eigenvalue weighted by molar-refractivity contribution is 0.706. The Morgan fingerprint density at radius 1 is 1.04 bits per heavy atom.